The third-order valence-electron chi connectivity index (χ3n) is 5.55. The van der Waals surface area contributed by atoms with Gasteiger partial charge in [0.1, 0.15) is 17.8 Å². The van der Waals surface area contributed by atoms with E-state index in [1.54, 1.807) is 21.6 Å². The molecule has 0 radical (unpaired) electrons. The average Bonchev–Trinajstić information content (AvgIpc) is 2.82. The second kappa shape index (κ2) is 10.1. The molecule has 1 saturated heterocycles. The number of halogens is 1. The van der Waals surface area contributed by atoms with Gasteiger partial charge in [-0.3, -0.25) is 14.4 Å². The minimum atomic E-state index is -0.381. The molecule has 4 rings (SSSR count). The molecular weight excluding hydrogens is 444 g/mol. The molecule has 33 heavy (non-hydrogen) atoms. The van der Waals surface area contributed by atoms with Crippen LogP contribution in [-0.4, -0.2) is 59.1 Å². The normalized spacial score (nSPS) is 13.8. The van der Waals surface area contributed by atoms with Gasteiger partial charge in [0.25, 0.3) is 5.91 Å². The van der Waals surface area contributed by atoms with Gasteiger partial charge in [0.2, 0.25) is 11.3 Å². The summed E-state index contributed by atoms with van der Waals surface area (Å²) in [5.74, 6) is -0.593. The lowest BCUT2D eigenvalue weighted by molar-refractivity contribution is -0.121. The van der Waals surface area contributed by atoms with E-state index in [1.165, 1.54) is 6.20 Å². The van der Waals surface area contributed by atoms with Gasteiger partial charge in [-0.25, -0.2) is 4.98 Å². The lowest BCUT2D eigenvalue weighted by Gasteiger charge is -2.27. The minimum Gasteiger partial charge on any atom is -0.378 e. The summed E-state index contributed by atoms with van der Waals surface area (Å²) in [6.07, 6.45) is 2.11. The summed E-state index contributed by atoms with van der Waals surface area (Å²) in [6.45, 7) is 3.92. The highest BCUT2D eigenvalue weighted by molar-refractivity contribution is 6.30. The molecular formula is C24H25ClN4O4. The summed E-state index contributed by atoms with van der Waals surface area (Å²) < 4.78 is 6.88. The van der Waals surface area contributed by atoms with Gasteiger partial charge < -0.3 is 19.5 Å². The van der Waals surface area contributed by atoms with Crippen LogP contribution in [0.5, 0.6) is 0 Å². The van der Waals surface area contributed by atoms with Gasteiger partial charge in [0, 0.05) is 36.5 Å². The number of ether oxygens (including phenoxy) is 1. The summed E-state index contributed by atoms with van der Waals surface area (Å²) in [6, 6.07) is 10.8. The van der Waals surface area contributed by atoms with Crippen molar-refractivity contribution in [2.45, 2.75) is 19.9 Å². The fraction of sp³-hybridized carbons (Fsp3) is 0.333. The predicted molar refractivity (Wildman–Crippen MR) is 126 cm³/mol. The van der Waals surface area contributed by atoms with Crippen LogP contribution in [0.25, 0.3) is 11.0 Å². The molecule has 1 aromatic carbocycles. The standard InChI is InChI=1S/C24H25ClN4O4/c1-16-2-7-19-22(31)20(24(32)28-10-12-33-13-11-28)14-29(23(19)27-16)15-21(30)26-9-8-17-3-5-18(25)6-4-17/h2-7,14H,8-13,15H2,1H3,(H,26,30). The van der Waals surface area contributed by atoms with Gasteiger partial charge in [-0.2, -0.15) is 0 Å². The Balaban J connectivity index is 1.56. The second-order valence-electron chi connectivity index (χ2n) is 7.95. The summed E-state index contributed by atoms with van der Waals surface area (Å²) in [5, 5.41) is 3.87. The number of pyridine rings is 2. The van der Waals surface area contributed by atoms with Crippen molar-refractivity contribution in [3.63, 3.8) is 0 Å². The third-order valence-corrected chi connectivity index (χ3v) is 5.80. The Hall–Kier alpha value is -3.23. The third kappa shape index (κ3) is 5.40. The number of aromatic nitrogens is 2. The summed E-state index contributed by atoms with van der Waals surface area (Å²) in [4.78, 5) is 44.9. The molecule has 1 aliphatic heterocycles. The van der Waals surface area contributed by atoms with E-state index in [0.29, 0.717) is 61.0 Å². The van der Waals surface area contributed by atoms with Crippen molar-refractivity contribution in [1.82, 2.24) is 19.8 Å². The molecule has 3 heterocycles. The van der Waals surface area contributed by atoms with Crippen LogP contribution in [0.15, 0.2) is 47.4 Å². The molecule has 0 aliphatic carbocycles. The highest BCUT2D eigenvalue weighted by Gasteiger charge is 2.23. The summed E-state index contributed by atoms with van der Waals surface area (Å²) in [7, 11) is 0. The van der Waals surface area contributed by atoms with E-state index in [9.17, 15) is 14.4 Å². The fourth-order valence-electron chi connectivity index (χ4n) is 3.78. The van der Waals surface area contributed by atoms with Crippen molar-refractivity contribution in [3.05, 3.63) is 74.7 Å². The summed E-state index contributed by atoms with van der Waals surface area (Å²) in [5.41, 5.74) is 1.80. The second-order valence-corrected chi connectivity index (χ2v) is 8.39. The first-order valence-electron chi connectivity index (χ1n) is 10.8. The number of benzene rings is 1. The van der Waals surface area contributed by atoms with Crippen LogP contribution in [-0.2, 0) is 22.5 Å². The molecule has 0 spiro atoms. The molecule has 3 aromatic rings. The quantitative estimate of drug-likeness (QED) is 0.598. The smallest absolute Gasteiger partial charge is 0.259 e. The molecule has 172 valence electrons. The van der Waals surface area contributed by atoms with E-state index in [1.807, 2.05) is 31.2 Å². The molecule has 0 bridgehead atoms. The van der Waals surface area contributed by atoms with E-state index < -0.39 is 0 Å². The van der Waals surface area contributed by atoms with Gasteiger partial charge in [0.15, 0.2) is 0 Å². The average molecular weight is 469 g/mol. The molecule has 1 N–H and O–H groups in total. The topological polar surface area (TPSA) is 93.5 Å². The van der Waals surface area contributed by atoms with Gasteiger partial charge in [0.05, 0.1) is 18.6 Å². The molecule has 1 fully saturated rings. The lowest BCUT2D eigenvalue weighted by atomic mass is 10.1. The minimum absolute atomic E-state index is 0.0315. The Bertz CT molecular complexity index is 1230. The molecule has 1 aliphatic rings. The van der Waals surface area contributed by atoms with Crippen molar-refractivity contribution >= 4 is 34.4 Å². The number of nitrogens with one attached hydrogen (secondary N) is 1. The number of hydrogen-bond acceptors (Lipinski definition) is 5. The van der Waals surface area contributed by atoms with Crippen LogP contribution in [0, 0.1) is 6.92 Å². The van der Waals surface area contributed by atoms with E-state index in [0.717, 1.165) is 5.56 Å². The SMILES string of the molecule is Cc1ccc2c(=O)c(C(=O)N3CCOCC3)cn(CC(=O)NCCc3ccc(Cl)cc3)c2n1. The monoisotopic (exact) mass is 468 g/mol. The number of rotatable bonds is 6. The van der Waals surface area contributed by atoms with Crippen LogP contribution < -0.4 is 10.7 Å². The number of aryl methyl sites for hydroxylation is 1. The first-order valence-corrected chi connectivity index (χ1v) is 11.2. The molecule has 8 nitrogen and oxygen atoms in total. The maximum atomic E-state index is 13.1. The van der Waals surface area contributed by atoms with E-state index in [4.69, 9.17) is 16.3 Å². The molecule has 0 saturated carbocycles. The highest BCUT2D eigenvalue weighted by atomic mass is 35.5. The van der Waals surface area contributed by atoms with Crippen LogP contribution in [0.4, 0.5) is 0 Å². The number of amides is 2. The van der Waals surface area contributed by atoms with E-state index in [2.05, 4.69) is 10.3 Å². The Kier molecular flexibility index (Phi) is 7.05. The van der Waals surface area contributed by atoms with Gasteiger partial charge in [-0.1, -0.05) is 23.7 Å². The van der Waals surface area contributed by atoms with Crippen LogP contribution in [0.3, 0.4) is 0 Å². The zero-order chi connectivity index (χ0) is 23.4. The van der Waals surface area contributed by atoms with E-state index in [-0.39, 0.29) is 29.4 Å². The summed E-state index contributed by atoms with van der Waals surface area (Å²) >= 11 is 5.91. The van der Waals surface area contributed by atoms with E-state index >= 15 is 0 Å². The largest absolute Gasteiger partial charge is 0.378 e. The van der Waals surface area contributed by atoms with Crippen LogP contribution in [0.2, 0.25) is 5.02 Å². The van der Waals surface area contributed by atoms with Crippen molar-refractivity contribution in [3.8, 4) is 0 Å². The molecule has 9 heteroatoms. The number of nitrogens with zero attached hydrogens (tertiary/aromatic N) is 3. The molecule has 0 unspecified atom stereocenters. The Morgan fingerprint density at radius 1 is 1.12 bits per heavy atom. The molecule has 0 atom stereocenters. The fourth-order valence-corrected chi connectivity index (χ4v) is 3.90. The Labute approximate surface area is 196 Å². The van der Waals surface area contributed by atoms with Gasteiger partial charge in [-0.15, -0.1) is 0 Å². The van der Waals surface area contributed by atoms with Crippen molar-refractivity contribution in [2.75, 3.05) is 32.8 Å². The van der Waals surface area contributed by atoms with Crippen molar-refractivity contribution in [1.29, 1.82) is 0 Å². The van der Waals surface area contributed by atoms with Crippen LogP contribution >= 0.6 is 11.6 Å². The first-order chi connectivity index (χ1) is 15.9. The maximum Gasteiger partial charge on any atom is 0.259 e. The zero-order valence-electron chi connectivity index (χ0n) is 18.3. The number of morpholine rings is 1. The Morgan fingerprint density at radius 2 is 1.85 bits per heavy atom. The molecule has 2 amide bonds. The number of hydrogen-bond donors (Lipinski definition) is 1. The van der Waals surface area contributed by atoms with Crippen molar-refractivity contribution < 1.29 is 14.3 Å². The lowest BCUT2D eigenvalue weighted by Crippen LogP contribution is -2.42. The maximum absolute atomic E-state index is 13.1. The zero-order valence-corrected chi connectivity index (χ0v) is 19.1. The Morgan fingerprint density at radius 3 is 2.58 bits per heavy atom. The van der Waals surface area contributed by atoms with Crippen LogP contribution in [0.1, 0.15) is 21.6 Å². The number of fused-ring (bicyclic) bond motifs is 1. The highest BCUT2D eigenvalue weighted by Crippen LogP contribution is 2.13. The predicted octanol–water partition coefficient (Wildman–Crippen LogP) is 2.19. The van der Waals surface area contributed by atoms with Gasteiger partial charge >= 0.3 is 0 Å². The molecule has 2 aromatic heterocycles. The number of carbonyl (C=O) groups is 2. The van der Waals surface area contributed by atoms with Crippen molar-refractivity contribution in [2.24, 2.45) is 0 Å². The van der Waals surface area contributed by atoms with Gasteiger partial charge in [-0.05, 0) is 43.2 Å². The number of carbonyl (C=O) groups excluding carboxylic acids is 2. The first kappa shape index (κ1) is 22.9.